The van der Waals surface area contributed by atoms with Crippen molar-refractivity contribution < 1.29 is 13.7 Å². The van der Waals surface area contributed by atoms with Crippen LogP contribution in [0.3, 0.4) is 0 Å². The van der Waals surface area contributed by atoms with Crippen LogP contribution in [0.4, 0.5) is 20.3 Å². The fourth-order valence-electron chi connectivity index (χ4n) is 3.10. The molecule has 0 amide bonds. The van der Waals surface area contributed by atoms with Gasteiger partial charge in [0.05, 0.1) is 16.1 Å². The minimum absolute atomic E-state index is 0.0187. The first-order chi connectivity index (χ1) is 14.4. The number of anilines is 1. The normalized spacial score (nSPS) is 10.9. The molecule has 0 fully saturated rings. The molecule has 4 aromatic rings. The van der Waals surface area contributed by atoms with Crippen LogP contribution in [0.2, 0.25) is 0 Å². The van der Waals surface area contributed by atoms with E-state index in [1.165, 1.54) is 19.1 Å². The van der Waals surface area contributed by atoms with E-state index >= 15 is 0 Å². The van der Waals surface area contributed by atoms with Gasteiger partial charge in [-0.15, -0.1) is 0 Å². The van der Waals surface area contributed by atoms with E-state index in [9.17, 15) is 18.9 Å². The van der Waals surface area contributed by atoms with Crippen molar-refractivity contribution in [3.8, 4) is 11.3 Å². The molecule has 4 rings (SSSR count). The van der Waals surface area contributed by atoms with Crippen molar-refractivity contribution in [1.82, 2.24) is 9.97 Å². The number of nitro groups is 1. The molecule has 6 nitrogen and oxygen atoms in total. The van der Waals surface area contributed by atoms with E-state index in [1.54, 1.807) is 6.20 Å². The second kappa shape index (κ2) is 7.82. The molecule has 0 bridgehead atoms. The lowest BCUT2D eigenvalue weighted by molar-refractivity contribution is -0.384. The molecule has 0 aliphatic carbocycles. The Labute approximate surface area is 170 Å². The van der Waals surface area contributed by atoms with Crippen molar-refractivity contribution in [2.45, 2.75) is 13.5 Å². The van der Waals surface area contributed by atoms with Crippen LogP contribution < -0.4 is 5.32 Å². The molecule has 8 heteroatoms. The molecule has 2 aromatic heterocycles. The quantitative estimate of drug-likeness (QED) is 0.354. The third-order valence-corrected chi connectivity index (χ3v) is 4.77. The van der Waals surface area contributed by atoms with E-state index in [0.717, 1.165) is 28.6 Å². The zero-order valence-corrected chi connectivity index (χ0v) is 15.9. The van der Waals surface area contributed by atoms with Gasteiger partial charge in [-0.25, -0.2) is 13.8 Å². The predicted molar refractivity (Wildman–Crippen MR) is 110 cm³/mol. The Bertz CT molecular complexity index is 1250. The minimum Gasteiger partial charge on any atom is -0.360 e. The topological polar surface area (TPSA) is 81.0 Å². The van der Waals surface area contributed by atoms with Crippen molar-refractivity contribution in [3.63, 3.8) is 0 Å². The number of nitrogens with one attached hydrogen (secondary N) is 1. The number of hydrogen-bond acceptors (Lipinski definition) is 5. The Morgan fingerprint density at radius 2 is 1.83 bits per heavy atom. The van der Waals surface area contributed by atoms with Gasteiger partial charge in [0.15, 0.2) is 0 Å². The molecule has 0 unspecified atom stereocenters. The molecule has 0 saturated heterocycles. The highest BCUT2D eigenvalue weighted by atomic mass is 19.1. The molecule has 30 heavy (non-hydrogen) atoms. The summed E-state index contributed by atoms with van der Waals surface area (Å²) in [6.07, 6.45) is 1.70. The van der Waals surface area contributed by atoms with Gasteiger partial charge >= 0.3 is 5.69 Å². The highest BCUT2D eigenvalue weighted by Crippen LogP contribution is 2.29. The minimum atomic E-state index is -0.704. The van der Waals surface area contributed by atoms with Crippen molar-refractivity contribution in [3.05, 3.63) is 93.7 Å². The summed E-state index contributed by atoms with van der Waals surface area (Å²) in [5, 5.41) is 15.3. The molecule has 2 heterocycles. The maximum Gasteiger partial charge on any atom is 0.311 e. The molecule has 0 spiro atoms. The molecule has 0 saturated carbocycles. The van der Waals surface area contributed by atoms with Gasteiger partial charge in [0.1, 0.15) is 11.6 Å². The first kappa shape index (κ1) is 19.4. The Balaban J connectivity index is 1.67. The van der Waals surface area contributed by atoms with Gasteiger partial charge in [-0.2, -0.15) is 0 Å². The Morgan fingerprint density at radius 1 is 1.07 bits per heavy atom. The number of fused-ring (bicyclic) bond motifs is 1. The molecule has 0 aliphatic rings. The maximum atomic E-state index is 13.9. The largest absolute Gasteiger partial charge is 0.360 e. The van der Waals surface area contributed by atoms with E-state index < -0.39 is 16.6 Å². The van der Waals surface area contributed by atoms with Gasteiger partial charge in [0, 0.05) is 35.3 Å². The predicted octanol–water partition coefficient (Wildman–Crippen LogP) is 5.40. The lowest BCUT2D eigenvalue weighted by atomic mass is 10.1. The monoisotopic (exact) mass is 406 g/mol. The lowest BCUT2D eigenvalue weighted by Crippen LogP contribution is -2.05. The van der Waals surface area contributed by atoms with Crippen LogP contribution in [0.1, 0.15) is 11.1 Å². The Hall–Kier alpha value is -3.94. The van der Waals surface area contributed by atoms with E-state index in [2.05, 4.69) is 15.3 Å². The van der Waals surface area contributed by atoms with Crippen LogP contribution in [-0.2, 0) is 6.54 Å². The molecule has 150 valence electrons. The third kappa shape index (κ3) is 3.80. The van der Waals surface area contributed by atoms with Crippen molar-refractivity contribution in [2.75, 3.05) is 5.32 Å². The van der Waals surface area contributed by atoms with Crippen LogP contribution in [-0.4, -0.2) is 14.9 Å². The first-order valence-electron chi connectivity index (χ1n) is 9.11. The molecule has 2 aromatic carbocycles. The van der Waals surface area contributed by atoms with Gasteiger partial charge in [0.25, 0.3) is 0 Å². The lowest BCUT2D eigenvalue weighted by Gasteiger charge is -2.10. The van der Waals surface area contributed by atoms with Crippen molar-refractivity contribution >= 4 is 22.4 Å². The summed E-state index contributed by atoms with van der Waals surface area (Å²) in [5.74, 6) is -1.39. The average molecular weight is 406 g/mol. The number of hydrogen-bond donors (Lipinski definition) is 1. The van der Waals surface area contributed by atoms with E-state index in [1.807, 2.05) is 30.3 Å². The Kier molecular flexibility index (Phi) is 5.05. The van der Waals surface area contributed by atoms with Crippen LogP contribution in [0.15, 0.2) is 60.8 Å². The summed E-state index contributed by atoms with van der Waals surface area (Å²) >= 11 is 0. The van der Waals surface area contributed by atoms with Gasteiger partial charge in [-0.3, -0.25) is 15.1 Å². The van der Waals surface area contributed by atoms with Gasteiger partial charge in [-0.05, 0) is 48.9 Å². The van der Waals surface area contributed by atoms with E-state index in [-0.39, 0.29) is 34.9 Å². The number of nitrogens with zero attached hydrogens (tertiary/aromatic N) is 3. The highest BCUT2D eigenvalue weighted by molar-refractivity contribution is 5.79. The number of pyridine rings is 2. The maximum absolute atomic E-state index is 13.9. The molecule has 0 aliphatic heterocycles. The number of aromatic nitrogens is 2. The van der Waals surface area contributed by atoms with Crippen LogP contribution in [0.25, 0.3) is 22.2 Å². The van der Waals surface area contributed by atoms with Crippen LogP contribution >= 0.6 is 0 Å². The van der Waals surface area contributed by atoms with Crippen LogP contribution in [0, 0.1) is 28.7 Å². The average Bonchev–Trinajstić information content (AvgIpc) is 2.75. The molecular formula is C22H16F2N4O2. The SMILES string of the molecule is Cc1c(F)cc(-c2ccc([N+](=O)[O-])c(NCc3ccc4ncccc4c3)n2)cc1F. The van der Waals surface area contributed by atoms with Gasteiger partial charge in [-0.1, -0.05) is 12.1 Å². The molecule has 0 atom stereocenters. The van der Waals surface area contributed by atoms with E-state index in [0.29, 0.717) is 0 Å². The Morgan fingerprint density at radius 3 is 2.57 bits per heavy atom. The standard InChI is InChI=1S/C22H16F2N4O2/c1-13-17(23)10-16(11-18(13)24)20-6-7-21(28(29)30)22(27-20)26-12-14-4-5-19-15(9-14)3-2-8-25-19/h2-11H,12H2,1H3,(H,26,27). The van der Waals surface area contributed by atoms with E-state index in [4.69, 9.17) is 0 Å². The summed E-state index contributed by atoms with van der Waals surface area (Å²) in [5.41, 5.74) is 1.83. The van der Waals surface area contributed by atoms with Gasteiger partial charge in [0.2, 0.25) is 5.82 Å². The number of benzene rings is 2. The summed E-state index contributed by atoms with van der Waals surface area (Å²) in [4.78, 5) is 19.4. The van der Waals surface area contributed by atoms with Gasteiger partial charge < -0.3 is 5.32 Å². The summed E-state index contributed by atoms with van der Waals surface area (Å²) in [6.45, 7) is 1.61. The molecular weight excluding hydrogens is 390 g/mol. The second-order valence-electron chi connectivity index (χ2n) is 6.77. The smallest absolute Gasteiger partial charge is 0.311 e. The van der Waals surface area contributed by atoms with Crippen molar-refractivity contribution in [2.24, 2.45) is 0 Å². The van der Waals surface area contributed by atoms with Crippen molar-refractivity contribution in [1.29, 1.82) is 0 Å². The summed E-state index contributed by atoms with van der Waals surface area (Å²) in [7, 11) is 0. The fourth-order valence-corrected chi connectivity index (χ4v) is 3.10. The summed E-state index contributed by atoms with van der Waals surface area (Å²) in [6, 6.07) is 14.4. The second-order valence-corrected chi connectivity index (χ2v) is 6.77. The zero-order valence-electron chi connectivity index (χ0n) is 15.9. The number of rotatable bonds is 5. The third-order valence-electron chi connectivity index (χ3n) is 4.77. The molecule has 0 radical (unpaired) electrons. The first-order valence-corrected chi connectivity index (χ1v) is 9.11. The molecule has 1 N–H and O–H groups in total. The zero-order chi connectivity index (χ0) is 21.3. The fraction of sp³-hybridized carbons (Fsp3) is 0.0909. The summed E-state index contributed by atoms with van der Waals surface area (Å²) < 4.78 is 27.9. The highest BCUT2D eigenvalue weighted by Gasteiger charge is 2.18. The van der Waals surface area contributed by atoms with Crippen LogP contribution in [0.5, 0.6) is 0 Å². The number of halogens is 2.